The van der Waals surface area contributed by atoms with E-state index in [0.29, 0.717) is 16.8 Å². The van der Waals surface area contributed by atoms with Gasteiger partial charge in [-0.2, -0.15) is 0 Å². The summed E-state index contributed by atoms with van der Waals surface area (Å²) in [6, 6.07) is 4.68. The zero-order valence-corrected chi connectivity index (χ0v) is 14.5. The fourth-order valence-corrected chi connectivity index (χ4v) is 2.02. The first-order chi connectivity index (χ1) is 10.1. The molecule has 0 saturated carbocycles. The first-order valence-corrected chi connectivity index (χ1v) is 7.36. The number of esters is 2. The Morgan fingerprint density at radius 2 is 1.95 bits per heavy atom. The summed E-state index contributed by atoms with van der Waals surface area (Å²) < 4.78 is 9.99. The molecule has 0 bridgehead atoms. The van der Waals surface area contributed by atoms with E-state index in [9.17, 15) is 9.59 Å². The second kappa shape index (κ2) is 7.40. The Hall–Kier alpha value is -1.89. The zero-order chi connectivity index (χ0) is 16.9. The molecule has 0 atom stereocenters. The summed E-state index contributed by atoms with van der Waals surface area (Å²) in [6.07, 6.45) is 0. The quantitative estimate of drug-likeness (QED) is 0.614. The summed E-state index contributed by atoms with van der Waals surface area (Å²) in [4.78, 5) is 23.3. The third-order valence-corrected chi connectivity index (χ3v) is 2.95. The predicted octanol–water partition coefficient (Wildman–Crippen LogP) is 2.95. The number of benzene rings is 1. The van der Waals surface area contributed by atoms with Crippen LogP contribution in [0.15, 0.2) is 18.2 Å². The Labute approximate surface area is 137 Å². The molecule has 120 valence electrons. The maximum absolute atomic E-state index is 11.7. The molecule has 6 nitrogen and oxygen atoms in total. The highest BCUT2D eigenvalue weighted by Crippen LogP contribution is 2.21. The lowest BCUT2D eigenvalue weighted by atomic mass is 10.1. The summed E-state index contributed by atoms with van der Waals surface area (Å²) in [5.41, 5.74) is 0.746. The number of carbonyl (C=O) groups is 2. The van der Waals surface area contributed by atoms with Crippen molar-refractivity contribution in [2.75, 3.05) is 19.0 Å². The lowest BCUT2D eigenvalue weighted by molar-refractivity contribution is -0.152. The summed E-state index contributed by atoms with van der Waals surface area (Å²) in [5.74, 6) is -0.920. The van der Waals surface area contributed by atoms with Gasteiger partial charge in [0, 0.05) is 11.3 Å². The summed E-state index contributed by atoms with van der Waals surface area (Å²) in [7, 11) is 1.29. The predicted molar refractivity (Wildman–Crippen MR) is 87.9 cm³/mol. The Morgan fingerprint density at radius 3 is 2.45 bits per heavy atom. The van der Waals surface area contributed by atoms with Gasteiger partial charge < -0.3 is 14.8 Å². The fraction of sp³-hybridized carbons (Fsp3) is 0.400. The Balaban J connectivity index is 2.93. The van der Waals surface area contributed by atoms with Crippen LogP contribution in [0.5, 0.6) is 0 Å². The molecule has 0 aromatic heterocycles. The SMILES string of the molecule is COC(=O)c1ccc(C(=N)Br)c(NCC(=O)OC(C)(C)C)c1. The Bertz CT molecular complexity index is 594. The smallest absolute Gasteiger partial charge is 0.337 e. The van der Waals surface area contributed by atoms with Crippen LogP contribution in [0.1, 0.15) is 36.7 Å². The number of hydrogen-bond acceptors (Lipinski definition) is 6. The van der Waals surface area contributed by atoms with Gasteiger partial charge in [-0.25, -0.2) is 4.79 Å². The fourth-order valence-electron chi connectivity index (χ4n) is 1.67. The molecule has 2 N–H and O–H groups in total. The number of hydrogen-bond donors (Lipinski definition) is 2. The molecule has 0 spiro atoms. The lowest BCUT2D eigenvalue weighted by Crippen LogP contribution is -2.28. The molecule has 1 aromatic carbocycles. The van der Waals surface area contributed by atoms with Crippen molar-refractivity contribution in [1.82, 2.24) is 0 Å². The van der Waals surface area contributed by atoms with Crippen LogP contribution in [0.2, 0.25) is 0 Å². The first kappa shape index (κ1) is 18.2. The zero-order valence-electron chi connectivity index (χ0n) is 13.0. The molecule has 0 radical (unpaired) electrons. The van der Waals surface area contributed by atoms with E-state index in [1.807, 2.05) is 0 Å². The van der Waals surface area contributed by atoms with Gasteiger partial charge >= 0.3 is 11.9 Å². The van der Waals surface area contributed by atoms with Gasteiger partial charge in [-0.15, -0.1) is 0 Å². The van der Waals surface area contributed by atoms with E-state index in [0.717, 1.165) is 0 Å². The second-order valence-electron chi connectivity index (χ2n) is 5.51. The summed E-state index contributed by atoms with van der Waals surface area (Å²) >= 11 is 3.08. The van der Waals surface area contributed by atoms with Crippen molar-refractivity contribution in [3.05, 3.63) is 29.3 Å². The number of methoxy groups -OCH3 is 1. The second-order valence-corrected chi connectivity index (χ2v) is 6.30. The molecule has 7 heteroatoms. The van der Waals surface area contributed by atoms with Crippen LogP contribution >= 0.6 is 15.9 Å². The largest absolute Gasteiger partial charge is 0.465 e. The molecule has 1 rings (SSSR count). The number of nitrogens with one attached hydrogen (secondary N) is 2. The number of carbonyl (C=O) groups excluding carboxylic acids is 2. The van der Waals surface area contributed by atoms with E-state index in [1.54, 1.807) is 32.9 Å². The van der Waals surface area contributed by atoms with Crippen molar-refractivity contribution in [2.24, 2.45) is 0 Å². The van der Waals surface area contributed by atoms with Crippen molar-refractivity contribution >= 4 is 38.2 Å². The third kappa shape index (κ3) is 5.48. The standard InChI is InChI=1S/C15H19BrN2O4/c1-15(2,3)22-12(19)8-18-11-7-9(14(20)21-4)5-6-10(11)13(16)17/h5-7,17-18H,8H2,1-4H3. The minimum absolute atomic E-state index is 0.0742. The van der Waals surface area contributed by atoms with Crippen molar-refractivity contribution in [3.8, 4) is 0 Å². The van der Waals surface area contributed by atoms with E-state index in [4.69, 9.17) is 10.1 Å². The molecule has 22 heavy (non-hydrogen) atoms. The van der Waals surface area contributed by atoms with Gasteiger partial charge in [0.05, 0.1) is 12.7 Å². The summed E-state index contributed by atoms with van der Waals surface area (Å²) in [6.45, 7) is 5.27. The molecule has 0 unspecified atom stereocenters. The van der Waals surface area contributed by atoms with Gasteiger partial charge in [-0.1, -0.05) is 0 Å². The van der Waals surface area contributed by atoms with Gasteiger partial charge in [-0.3, -0.25) is 10.2 Å². The minimum Gasteiger partial charge on any atom is -0.465 e. The molecule has 1 aromatic rings. The molecule has 0 aliphatic heterocycles. The molecule has 0 aliphatic rings. The van der Waals surface area contributed by atoms with Crippen molar-refractivity contribution in [2.45, 2.75) is 26.4 Å². The summed E-state index contributed by atoms with van der Waals surface area (Å²) in [5, 5.41) is 10.6. The van der Waals surface area contributed by atoms with Crippen LogP contribution in [0, 0.1) is 5.41 Å². The number of ether oxygens (including phenoxy) is 2. The van der Waals surface area contributed by atoms with Crippen LogP contribution < -0.4 is 5.32 Å². The molecule has 0 saturated heterocycles. The van der Waals surface area contributed by atoms with Crippen molar-refractivity contribution in [3.63, 3.8) is 0 Å². The molecule has 0 heterocycles. The van der Waals surface area contributed by atoms with Crippen LogP contribution in [0.4, 0.5) is 5.69 Å². The van der Waals surface area contributed by atoms with E-state index < -0.39 is 17.5 Å². The molecular formula is C15H19BrN2O4. The van der Waals surface area contributed by atoms with Gasteiger partial charge in [0.2, 0.25) is 0 Å². The van der Waals surface area contributed by atoms with Gasteiger partial charge in [0.25, 0.3) is 0 Å². The maximum Gasteiger partial charge on any atom is 0.337 e. The van der Waals surface area contributed by atoms with Gasteiger partial charge in [0.1, 0.15) is 16.8 Å². The number of anilines is 1. The average molecular weight is 371 g/mol. The molecule has 0 fully saturated rings. The van der Waals surface area contributed by atoms with E-state index in [-0.39, 0.29) is 11.2 Å². The average Bonchev–Trinajstić information content (AvgIpc) is 2.41. The van der Waals surface area contributed by atoms with E-state index in [1.165, 1.54) is 13.2 Å². The number of rotatable bonds is 5. The van der Waals surface area contributed by atoms with Crippen LogP contribution in [0.25, 0.3) is 0 Å². The van der Waals surface area contributed by atoms with Crippen molar-refractivity contribution < 1.29 is 19.1 Å². The van der Waals surface area contributed by atoms with Gasteiger partial charge in [-0.05, 0) is 54.9 Å². The van der Waals surface area contributed by atoms with E-state index in [2.05, 4.69) is 26.0 Å². The lowest BCUT2D eigenvalue weighted by Gasteiger charge is -2.20. The maximum atomic E-state index is 11.7. The van der Waals surface area contributed by atoms with E-state index >= 15 is 0 Å². The highest BCUT2D eigenvalue weighted by Gasteiger charge is 2.17. The number of halogens is 1. The van der Waals surface area contributed by atoms with Crippen LogP contribution in [-0.2, 0) is 14.3 Å². The minimum atomic E-state index is -0.572. The normalized spacial score (nSPS) is 10.8. The van der Waals surface area contributed by atoms with Gasteiger partial charge in [0.15, 0.2) is 0 Å². The third-order valence-electron chi connectivity index (χ3n) is 2.52. The van der Waals surface area contributed by atoms with Crippen LogP contribution in [-0.4, -0.2) is 35.8 Å². The molecule has 0 amide bonds. The Morgan fingerprint density at radius 1 is 1.32 bits per heavy atom. The van der Waals surface area contributed by atoms with Crippen LogP contribution in [0.3, 0.4) is 0 Å². The molecular weight excluding hydrogens is 352 g/mol. The van der Waals surface area contributed by atoms with Crippen molar-refractivity contribution in [1.29, 1.82) is 5.41 Å². The highest BCUT2D eigenvalue weighted by atomic mass is 79.9. The first-order valence-electron chi connectivity index (χ1n) is 6.56. The molecule has 0 aliphatic carbocycles. The highest BCUT2D eigenvalue weighted by molar-refractivity contribution is 9.18. The monoisotopic (exact) mass is 370 g/mol. The topological polar surface area (TPSA) is 88.5 Å². The Kier molecular flexibility index (Phi) is 6.11.